The Kier molecular flexibility index (Phi) is 6.22. The molecule has 1 amide bonds. The number of methoxy groups -OCH3 is 2. The zero-order chi connectivity index (χ0) is 18.4. The van der Waals surface area contributed by atoms with E-state index in [1.165, 1.54) is 24.3 Å². The lowest BCUT2D eigenvalue weighted by Crippen LogP contribution is -2.37. The monoisotopic (exact) mass is 347 g/mol. The van der Waals surface area contributed by atoms with Gasteiger partial charge >= 0.3 is 0 Å². The summed E-state index contributed by atoms with van der Waals surface area (Å²) >= 11 is 0. The van der Waals surface area contributed by atoms with E-state index in [-0.39, 0.29) is 11.7 Å². The van der Waals surface area contributed by atoms with Crippen LogP contribution in [0.4, 0.5) is 4.39 Å². The maximum absolute atomic E-state index is 12.9. The Morgan fingerprint density at radius 3 is 2.32 bits per heavy atom. The van der Waals surface area contributed by atoms with Crippen molar-refractivity contribution >= 4 is 5.91 Å². The molecule has 0 fully saturated rings. The summed E-state index contributed by atoms with van der Waals surface area (Å²) in [5.74, 6) is 1.16. The summed E-state index contributed by atoms with van der Waals surface area (Å²) in [6, 6.07) is 11.1. The van der Waals surface area contributed by atoms with Crippen molar-refractivity contribution in [3.8, 4) is 17.2 Å². The zero-order valence-corrected chi connectivity index (χ0v) is 14.8. The lowest BCUT2D eigenvalue weighted by Gasteiger charge is -2.22. The van der Waals surface area contributed by atoms with E-state index in [4.69, 9.17) is 14.2 Å². The standard InChI is InChI=1S/C19H22FNO4/c1-13(25-16-8-6-15(20)7-9-16)19(22)21(2)12-14-5-10-17(23-3)18(11-14)24-4/h5-11,13H,12H2,1-4H3/t13-/m1/s1. The van der Waals surface area contributed by atoms with Gasteiger partial charge < -0.3 is 19.1 Å². The van der Waals surface area contributed by atoms with E-state index < -0.39 is 6.10 Å². The molecule has 0 N–H and O–H groups in total. The Morgan fingerprint density at radius 1 is 1.08 bits per heavy atom. The molecule has 2 rings (SSSR count). The van der Waals surface area contributed by atoms with Crippen molar-refractivity contribution < 1.29 is 23.4 Å². The molecule has 0 aliphatic heterocycles. The van der Waals surface area contributed by atoms with Crippen molar-refractivity contribution in [2.24, 2.45) is 0 Å². The van der Waals surface area contributed by atoms with Crippen LogP contribution in [-0.2, 0) is 11.3 Å². The van der Waals surface area contributed by atoms with E-state index in [1.54, 1.807) is 39.2 Å². The molecule has 0 heterocycles. The van der Waals surface area contributed by atoms with Crippen LogP contribution in [0.3, 0.4) is 0 Å². The molecule has 0 unspecified atom stereocenters. The van der Waals surface area contributed by atoms with Gasteiger partial charge in [0.05, 0.1) is 14.2 Å². The fourth-order valence-corrected chi connectivity index (χ4v) is 2.41. The van der Waals surface area contributed by atoms with Gasteiger partial charge in [-0.3, -0.25) is 4.79 Å². The summed E-state index contributed by atoms with van der Waals surface area (Å²) in [5.41, 5.74) is 0.905. The van der Waals surface area contributed by atoms with E-state index in [0.717, 1.165) is 5.56 Å². The van der Waals surface area contributed by atoms with Crippen molar-refractivity contribution in [2.75, 3.05) is 21.3 Å². The predicted octanol–water partition coefficient (Wildman–Crippen LogP) is 3.27. The van der Waals surface area contributed by atoms with Gasteiger partial charge in [0.15, 0.2) is 17.6 Å². The third kappa shape index (κ3) is 4.86. The summed E-state index contributed by atoms with van der Waals surface area (Å²) in [7, 11) is 4.83. The van der Waals surface area contributed by atoms with Crippen LogP contribution in [0.15, 0.2) is 42.5 Å². The minimum atomic E-state index is -0.685. The highest BCUT2D eigenvalue weighted by Gasteiger charge is 2.20. The van der Waals surface area contributed by atoms with Gasteiger partial charge in [-0.05, 0) is 48.9 Å². The number of hydrogen-bond acceptors (Lipinski definition) is 4. The van der Waals surface area contributed by atoms with Crippen molar-refractivity contribution in [3.05, 3.63) is 53.8 Å². The number of benzene rings is 2. The van der Waals surface area contributed by atoms with Gasteiger partial charge in [0.1, 0.15) is 11.6 Å². The Hall–Kier alpha value is -2.76. The highest BCUT2D eigenvalue weighted by Crippen LogP contribution is 2.28. The average Bonchev–Trinajstić information content (AvgIpc) is 2.62. The van der Waals surface area contributed by atoms with Gasteiger partial charge in [-0.15, -0.1) is 0 Å². The molecule has 0 radical (unpaired) electrons. The molecule has 5 nitrogen and oxygen atoms in total. The number of nitrogens with zero attached hydrogens (tertiary/aromatic N) is 1. The second-order valence-electron chi connectivity index (χ2n) is 5.60. The van der Waals surface area contributed by atoms with Crippen LogP contribution in [0.1, 0.15) is 12.5 Å². The molecule has 2 aromatic carbocycles. The van der Waals surface area contributed by atoms with E-state index in [2.05, 4.69) is 0 Å². The van der Waals surface area contributed by atoms with Gasteiger partial charge in [-0.2, -0.15) is 0 Å². The smallest absolute Gasteiger partial charge is 0.263 e. The molecule has 0 saturated carbocycles. The predicted molar refractivity (Wildman–Crippen MR) is 92.5 cm³/mol. The van der Waals surface area contributed by atoms with E-state index >= 15 is 0 Å². The van der Waals surface area contributed by atoms with Gasteiger partial charge in [-0.1, -0.05) is 6.07 Å². The zero-order valence-electron chi connectivity index (χ0n) is 14.8. The molecule has 2 aromatic rings. The first kappa shape index (κ1) is 18.6. The van der Waals surface area contributed by atoms with Crippen LogP contribution in [0.25, 0.3) is 0 Å². The second-order valence-corrected chi connectivity index (χ2v) is 5.60. The topological polar surface area (TPSA) is 48.0 Å². The third-order valence-electron chi connectivity index (χ3n) is 3.72. The maximum atomic E-state index is 12.9. The number of halogens is 1. The van der Waals surface area contributed by atoms with Crippen molar-refractivity contribution in [1.29, 1.82) is 0 Å². The molecule has 25 heavy (non-hydrogen) atoms. The number of carbonyl (C=O) groups excluding carboxylic acids is 1. The summed E-state index contributed by atoms with van der Waals surface area (Å²) in [4.78, 5) is 14.0. The van der Waals surface area contributed by atoms with E-state index in [9.17, 15) is 9.18 Å². The highest BCUT2D eigenvalue weighted by molar-refractivity contribution is 5.80. The van der Waals surface area contributed by atoms with Crippen molar-refractivity contribution in [2.45, 2.75) is 19.6 Å². The third-order valence-corrected chi connectivity index (χ3v) is 3.72. The Bertz CT molecular complexity index is 718. The normalized spacial score (nSPS) is 11.6. The number of likely N-dealkylation sites (N-methyl/N-ethyl adjacent to an activating group) is 1. The quantitative estimate of drug-likeness (QED) is 0.771. The average molecular weight is 347 g/mol. The number of carbonyl (C=O) groups is 1. The number of amides is 1. The number of hydrogen-bond donors (Lipinski definition) is 0. The minimum Gasteiger partial charge on any atom is -0.493 e. The summed E-state index contributed by atoms with van der Waals surface area (Å²) in [5, 5.41) is 0. The van der Waals surface area contributed by atoms with Gasteiger partial charge in [0, 0.05) is 13.6 Å². The SMILES string of the molecule is COc1ccc(CN(C)C(=O)[C@@H](C)Oc2ccc(F)cc2)cc1OC. The lowest BCUT2D eigenvalue weighted by molar-refractivity contribution is -0.137. The molecular formula is C19H22FNO4. The largest absolute Gasteiger partial charge is 0.493 e. The van der Waals surface area contributed by atoms with Crippen LogP contribution in [0.5, 0.6) is 17.2 Å². The number of rotatable bonds is 7. The first-order chi connectivity index (χ1) is 11.9. The molecule has 1 atom stereocenters. The van der Waals surface area contributed by atoms with E-state index in [0.29, 0.717) is 23.8 Å². The number of ether oxygens (including phenoxy) is 3. The van der Waals surface area contributed by atoms with Crippen LogP contribution in [0.2, 0.25) is 0 Å². The molecule has 0 bridgehead atoms. The minimum absolute atomic E-state index is 0.181. The molecule has 0 spiro atoms. The molecule has 0 aliphatic rings. The first-order valence-corrected chi connectivity index (χ1v) is 7.82. The van der Waals surface area contributed by atoms with Gasteiger partial charge in [0.25, 0.3) is 5.91 Å². The maximum Gasteiger partial charge on any atom is 0.263 e. The van der Waals surface area contributed by atoms with Crippen LogP contribution in [-0.4, -0.2) is 38.2 Å². The fraction of sp³-hybridized carbons (Fsp3) is 0.316. The molecular weight excluding hydrogens is 325 g/mol. The molecule has 0 saturated heterocycles. The van der Waals surface area contributed by atoms with Crippen molar-refractivity contribution in [1.82, 2.24) is 4.90 Å². The summed E-state index contributed by atoms with van der Waals surface area (Å²) < 4.78 is 29.0. The fourth-order valence-electron chi connectivity index (χ4n) is 2.41. The molecule has 134 valence electrons. The Balaban J connectivity index is 2.00. The van der Waals surface area contributed by atoms with E-state index in [1.807, 2.05) is 12.1 Å². The highest BCUT2D eigenvalue weighted by atomic mass is 19.1. The van der Waals surface area contributed by atoms with Crippen molar-refractivity contribution in [3.63, 3.8) is 0 Å². The van der Waals surface area contributed by atoms with Gasteiger partial charge in [-0.25, -0.2) is 4.39 Å². The Morgan fingerprint density at radius 2 is 1.72 bits per heavy atom. The van der Waals surface area contributed by atoms with Crippen LogP contribution in [0, 0.1) is 5.82 Å². The molecule has 0 aliphatic carbocycles. The Labute approximate surface area is 146 Å². The van der Waals surface area contributed by atoms with Crippen LogP contribution >= 0.6 is 0 Å². The first-order valence-electron chi connectivity index (χ1n) is 7.82. The lowest BCUT2D eigenvalue weighted by atomic mass is 10.2. The summed E-state index contributed by atoms with van der Waals surface area (Å²) in [6.07, 6.45) is -0.685. The van der Waals surface area contributed by atoms with Crippen LogP contribution < -0.4 is 14.2 Å². The van der Waals surface area contributed by atoms with Gasteiger partial charge in [0.2, 0.25) is 0 Å². The molecule has 0 aromatic heterocycles. The summed E-state index contributed by atoms with van der Waals surface area (Å²) in [6.45, 7) is 2.06. The molecule has 6 heteroatoms. The second kappa shape index (κ2) is 8.37.